The Morgan fingerprint density at radius 2 is 1.83 bits per heavy atom. The number of carbonyl (C=O) groups excluding carboxylic acids is 4. The molecular formula is C45H51ClFN9O8. The van der Waals surface area contributed by atoms with Crippen LogP contribution in [0.5, 0.6) is 5.75 Å². The van der Waals surface area contributed by atoms with Gasteiger partial charge < -0.3 is 40.0 Å². The third-order valence-electron chi connectivity index (χ3n) is 13.3. The number of aliphatic hydroxyl groups is 1. The maximum Gasteiger partial charge on any atom is 0.293 e. The van der Waals surface area contributed by atoms with Crippen LogP contribution in [0.3, 0.4) is 0 Å². The Morgan fingerprint density at radius 1 is 1.05 bits per heavy atom. The lowest BCUT2D eigenvalue weighted by Gasteiger charge is -2.48. The van der Waals surface area contributed by atoms with Crippen molar-refractivity contribution in [3.8, 4) is 5.75 Å². The minimum absolute atomic E-state index is 0.0250. The molecule has 4 aliphatic heterocycles. The van der Waals surface area contributed by atoms with Gasteiger partial charge in [-0.15, -0.1) is 0 Å². The molecule has 3 saturated heterocycles. The Labute approximate surface area is 373 Å². The van der Waals surface area contributed by atoms with E-state index in [4.69, 9.17) is 31.8 Å². The first-order valence-electron chi connectivity index (χ1n) is 21.9. The number of aliphatic hydroxyl groups excluding tert-OH is 1. The van der Waals surface area contributed by atoms with Crippen molar-refractivity contribution in [2.75, 3.05) is 43.0 Å². The second-order valence-corrected chi connectivity index (χ2v) is 18.1. The molecule has 19 heteroatoms. The maximum atomic E-state index is 16.1. The largest absolute Gasteiger partial charge is 0.478 e. The number of anilines is 3. The van der Waals surface area contributed by atoms with Gasteiger partial charge in [0, 0.05) is 66.3 Å². The molecule has 9 rings (SSSR count). The van der Waals surface area contributed by atoms with Crippen LogP contribution >= 0.6 is 11.6 Å². The zero-order valence-electron chi connectivity index (χ0n) is 35.6. The number of nitrogens with two attached hydrogens (primary N) is 1. The van der Waals surface area contributed by atoms with Crippen LogP contribution in [-0.4, -0.2) is 116 Å². The van der Waals surface area contributed by atoms with E-state index in [1.165, 1.54) is 4.90 Å². The van der Waals surface area contributed by atoms with Gasteiger partial charge in [0.05, 0.1) is 36.6 Å². The van der Waals surface area contributed by atoms with E-state index in [9.17, 15) is 29.1 Å². The number of hydrogen-bond acceptors (Lipinski definition) is 13. The summed E-state index contributed by atoms with van der Waals surface area (Å²) in [7, 11) is 0. The van der Waals surface area contributed by atoms with Gasteiger partial charge in [0.2, 0.25) is 17.8 Å². The number of ether oxygens (including phenoxy) is 2. The Morgan fingerprint density at radius 3 is 2.55 bits per heavy atom. The first-order valence-corrected chi connectivity index (χ1v) is 22.3. The van der Waals surface area contributed by atoms with Crippen molar-refractivity contribution in [2.24, 2.45) is 5.73 Å². The molecule has 0 spiro atoms. The number of likely N-dealkylation sites (tertiary alicyclic amines) is 1. The number of aromatic nitrogens is 3. The number of amides is 4. The van der Waals surface area contributed by atoms with Gasteiger partial charge in [-0.25, -0.2) is 9.37 Å². The number of hydrogen-bond donors (Lipinski definition) is 4. The fraction of sp³-hybridized carbons (Fsp3) is 0.489. The molecule has 1 aliphatic carbocycles. The Bertz CT molecular complexity index is 2580. The molecule has 3 atom stereocenters. The van der Waals surface area contributed by atoms with Gasteiger partial charge in [-0.2, -0.15) is 4.98 Å². The zero-order valence-corrected chi connectivity index (χ0v) is 36.4. The van der Waals surface area contributed by atoms with Gasteiger partial charge in [-0.3, -0.25) is 34.2 Å². The number of piperidine rings is 3. The van der Waals surface area contributed by atoms with E-state index < -0.39 is 48.2 Å². The molecule has 0 radical (unpaired) electrons. The Balaban J connectivity index is 0.756. The molecule has 1 unspecified atom stereocenters. The number of benzene rings is 2. The minimum Gasteiger partial charge on any atom is -0.478 e. The maximum absolute atomic E-state index is 16.1. The predicted molar refractivity (Wildman–Crippen MR) is 234 cm³/mol. The summed E-state index contributed by atoms with van der Waals surface area (Å²) < 4.78 is 29.7. The fourth-order valence-corrected chi connectivity index (χ4v) is 10.0. The van der Waals surface area contributed by atoms with E-state index in [0.29, 0.717) is 71.5 Å². The molecule has 2 aromatic carbocycles. The number of nitrogens with zero attached hydrogens (tertiary/aromatic N) is 6. The highest BCUT2D eigenvalue weighted by atomic mass is 35.5. The van der Waals surface area contributed by atoms with Gasteiger partial charge in [0.25, 0.3) is 17.4 Å². The fourth-order valence-electron chi connectivity index (χ4n) is 9.87. The molecular weight excluding hydrogens is 849 g/mol. The summed E-state index contributed by atoms with van der Waals surface area (Å²) in [4.78, 5) is 76.8. The Kier molecular flexibility index (Phi) is 12.0. The van der Waals surface area contributed by atoms with Crippen LogP contribution in [0, 0.1) is 5.82 Å². The number of β-amino-alcohol motifs (C(OH)–C–C–N with tert-alkyl or cyclic N) is 1. The summed E-state index contributed by atoms with van der Waals surface area (Å²) in [5.41, 5.74) is 7.11. The molecule has 338 valence electrons. The predicted octanol–water partition coefficient (Wildman–Crippen LogP) is 3.90. The second-order valence-electron chi connectivity index (χ2n) is 17.7. The lowest BCUT2D eigenvalue weighted by molar-refractivity contribution is -0.137. The van der Waals surface area contributed by atoms with Crippen LogP contribution in [0.4, 0.5) is 21.8 Å². The Hall–Kier alpha value is -5.69. The summed E-state index contributed by atoms with van der Waals surface area (Å²) in [6.07, 6.45) is 5.16. The number of halogens is 2. The summed E-state index contributed by atoms with van der Waals surface area (Å²) in [6.45, 7) is 5.81. The molecule has 64 heavy (non-hydrogen) atoms. The van der Waals surface area contributed by atoms with Gasteiger partial charge in [0.1, 0.15) is 16.9 Å². The number of pyridine rings is 1. The van der Waals surface area contributed by atoms with E-state index >= 15 is 4.39 Å². The standard InChI is InChI=1S/C45H51ClFN9O8/c1-23(2)56-34-6-3-25(15-24(34)16-37(44(56)62)63-22-38(48)58)50-41-33(46)19-49-45(52-41)53-12-9-27(10-13-53)64-28-17-26(18-28)54-14-11-29(36(57)21-54)30-4-5-31-32(40(30)47)20-55(43(31)61)35-7-8-39(59)51-42(35)60/h3-6,15-16,19,23,26-29,35-36,57H,7-14,17-18,20-22H2,1-2H3,(H2,48,58)(H,49,50,52)(H,51,59,60)/t26?,28?,29-,35?,36-/m1/s1. The molecule has 5 N–H and O–H groups in total. The highest BCUT2D eigenvalue weighted by Gasteiger charge is 2.44. The lowest BCUT2D eigenvalue weighted by Crippen LogP contribution is -2.55. The highest BCUT2D eigenvalue weighted by molar-refractivity contribution is 6.33. The molecule has 0 bridgehead atoms. The topological polar surface area (TPSA) is 215 Å². The zero-order chi connectivity index (χ0) is 45.0. The van der Waals surface area contributed by atoms with Gasteiger partial charge in [-0.1, -0.05) is 17.7 Å². The third-order valence-corrected chi connectivity index (χ3v) is 13.5. The SMILES string of the molecule is CC(C)n1c(=O)c(OCC(N)=O)cc2cc(Nc3nc(N4CCC(OC5CC(N6CC[C@H](c7ccc8c(c7F)CN(C7CCC(=O)NC7=O)C8=O)[C@H](O)C6)C5)CC4)ncc3Cl)ccc21. The average molecular weight is 900 g/mol. The molecule has 6 heterocycles. The number of rotatable bonds is 12. The molecule has 1 saturated carbocycles. The van der Waals surface area contributed by atoms with Crippen LogP contribution in [0.2, 0.25) is 5.02 Å². The van der Waals surface area contributed by atoms with Gasteiger partial charge >= 0.3 is 0 Å². The summed E-state index contributed by atoms with van der Waals surface area (Å²) >= 11 is 6.57. The van der Waals surface area contributed by atoms with E-state index in [0.717, 1.165) is 25.7 Å². The number of carbonyl (C=O) groups is 4. The van der Waals surface area contributed by atoms with E-state index in [2.05, 4.69) is 25.4 Å². The van der Waals surface area contributed by atoms with Crippen LogP contribution in [0.25, 0.3) is 10.9 Å². The molecule has 5 aliphatic rings. The summed E-state index contributed by atoms with van der Waals surface area (Å²) in [6, 6.07) is 9.58. The second kappa shape index (κ2) is 17.7. The van der Waals surface area contributed by atoms with Crippen LogP contribution in [-0.2, 0) is 25.7 Å². The summed E-state index contributed by atoms with van der Waals surface area (Å²) in [5, 5.41) is 17.9. The normalized spacial score (nSPS) is 24.2. The first kappa shape index (κ1) is 43.6. The highest BCUT2D eigenvalue weighted by Crippen LogP contribution is 2.40. The third kappa shape index (κ3) is 8.51. The number of primary amides is 1. The quantitative estimate of drug-likeness (QED) is 0.149. The van der Waals surface area contributed by atoms with Crippen molar-refractivity contribution in [3.63, 3.8) is 0 Å². The molecule has 4 aromatic rings. The van der Waals surface area contributed by atoms with Gasteiger partial charge in [-0.05, 0) is 94.8 Å². The van der Waals surface area contributed by atoms with Crippen molar-refractivity contribution in [3.05, 3.63) is 80.5 Å². The molecule has 4 fully saturated rings. The molecule has 2 aromatic heterocycles. The smallest absolute Gasteiger partial charge is 0.293 e. The summed E-state index contributed by atoms with van der Waals surface area (Å²) in [5.74, 6) is -1.98. The van der Waals surface area contributed by atoms with Crippen molar-refractivity contribution in [2.45, 2.75) is 108 Å². The monoisotopic (exact) mass is 899 g/mol. The van der Waals surface area contributed by atoms with Crippen LogP contribution in [0.15, 0.2) is 47.4 Å². The van der Waals surface area contributed by atoms with Crippen molar-refractivity contribution < 1.29 is 38.1 Å². The number of nitrogens with one attached hydrogen (secondary N) is 2. The average Bonchev–Trinajstić information content (AvgIpc) is 3.58. The van der Waals surface area contributed by atoms with Crippen LogP contribution < -0.4 is 31.6 Å². The molecule has 4 amide bonds. The lowest BCUT2D eigenvalue weighted by atomic mass is 9.81. The van der Waals surface area contributed by atoms with Gasteiger partial charge in [0.15, 0.2) is 18.2 Å². The van der Waals surface area contributed by atoms with E-state index in [-0.39, 0.29) is 72.0 Å². The minimum atomic E-state index is -0.825. The van der Waals surface area contributed by atoms with E-state index in [1.807, 2.05) is 32.0 Å². The van der Waals surface area contributed by atoms with E-state index in [1.54, 1.807) is 29.0 Å². The van der Waals surface area contributed by atoms with Crippen molar-refractivity contribution in [1.82, 2.24) is 29.7 Å². The van der Waals surface area contributed by atoms with Crippen molar-refractivity contribution >= 4 is 63.6 Å². The number of imide groups is 1. The van der Waals surface area contributed by atoms with Crippen LogP contribution in [0.1, 0.15) is 92.2 Å². The molecule has 17 nitrogen and oxygen atoms in total. The first-order chi connectivity index (χ1) is 30.7. The number of fused-ring (bicyclic) bond motifs is 2. The van der Waals surface area contributed by atoms with Crippen molar-refractivity contribution in [1.29, 1.82) is 0 Å².